The number of amides is 2. The van der Waals surface area contributed by atoms with Crippen molar-refractivity contribution in [3.63, 3.8) is 0 Å². The highest BCUT2D eigenvalue weighted by Gasteiger charge is 2.27. The SMILES string of the molecule is CC1c2ccsc2CCN1CC(=O)Nc1ccccc1C(=O)NC1CC1. The van der Waals surface area contributed by atoms with E-state index in [0.29, 0.717) is 23.8 Å². The number of anilines is 1. The van der Waals surface area contributed by atoms with E-state index in [1.165, 1.54) is 10.4 Å². The summed E-state index contributed by atoms with van der Waals surface area (Å²) in [7, 11) is 0. The van der Waals surface area contributed by atoms with E-state index in [2.05, 4.69) is 33.9 Å². The molecule has 1 aliphatic carbocycles. The molecule has 2 heterocycles. The van der Waals surface area contributed by atoms with Crippen molar-refractivity contribution in [2.75, 3.05) is 18.4 Å². The van der Waals surface area contributed by atoms with Gasteiger partial charge in [-0.15, -0.1) is 11.3 Å². The summed E-state index contributed by atoms with van der Waals surface area (Å²) in [6.07, 6.45) is 3.07. The van der Waals surface area contributed by atoms with Gasteiger partial charge in [0.05, 0.1) is 17.8 Å². The molecule has 1 fully saturated rings. The molecule has 1 aliphatic heterocycles. The molecule has 1 aromatic carbocycles. The number of para-hydroxylation sites is 1. The molecular formula is C20H23N3O2S. The van der Waals surface area contributed by atoms with Crippen LogP contribution in [0.2, 0.25) is 0 Å². The zero-order chi connectivity index (χ0) is 18.1. The van der Waals surface area contributed by atoms with Crippen LogP contribution in [0.1, 0.15) is 46.6 Å². The topological polar surface area (TPSA) is 61.4 Å². The van der Waals surface area contributed by atoms with Crippen molar-refractivity contribution in [2.45, 2.75) is 38.3 Å². The third-order valence-electron chi connectivity index (χ3n) is 5.11. The van der Waals surface area contributed by atoms with E-state index in [4.69, 9.17) is 0 Å². The largest absolute Gasteiger partial charge is 0.349 e. The van der Waals surface area contributed by atoms with Gasteiger partial charge in [-0.3, -0.25) is 14.5 Å². The van der Waals surface area contributed by atoms with Gasteiger partial charge < -0.3 is 10.6 Å². The maximum absolute atomic E-state index is 12.6. The Bertz CT molecular complexity index is 828. The van der Waals surface area contributed by atoms with Crippen LogP contribution in [0.4, 0.5) is 5.69 Å². The molecule has 5 nitrogen and oxygen atoms in total. The normalized spacial score (nSPS) is 19.7. The fraction of sp³-hybridized carbons (Fsp3) is 0.400. The Labute approximate surface area is 157 Å². The summed E-state index contributed by atoms with van der Waals surface area (Å²) in [6, 6.07) is 9.90. The van der Waals surface area contributed by atoms with E-state index in [0.717, 1.165) is 25.8 Å². The Morgan fingerprint density at radius 3 is 2.85 bits per heavy atom. The number of fused-ring (bicyclic) bond motifs is 1. The van der Waals surface area contributed by atoms with Gasteiger partial charge in [0.25, 0.3) is 5.91 Å². The first kappa shape index (κ1) is 17.2. The Hall–Kier alpha value is -2.18. The van der Waals surface area contributed by atoms with E-state index in [-0.39, 0.29) is 17.9 Å². The summed E-state index contributed by atoms with van der Waals surface area (Å²) >= 11 is 1.80. The lowest BCUT2D eigenvalue weighted by Crippen LogP contribution is -2.39. The second-order valence-electron chi connectivity index (χ2n) is 7.04. The number of nitrogens with one attached hydrogen (secondary N) is 2. The first-order valence-electron chi connectivity index (χ1n) is 9.12. The Morgan fingerprint density at radius 1 is 1.23 bits per heavy atom. The van der Waals surface area contributed by atoms with Crippen molar-refractivity contribution < 1.29 is 9.59 Å². The van der Waals surface area contributed by atoms with Crippen molar-refractivity contribution in [1.82, 2.24) is 10.2 Å². The molecule has 26 heavy (non-hydrogen) atoms. The predicted molar refractivity (Wildman–Crippen MR) is 104 cm³/mol. The lowest BCUT2D eigenvalue weighted by molar-refractivity contribution is -0.117. The first-order valence-corrected chi connectivity index (χ1v) is 10.00. The van der Waals surface area contributed by atoms with Crippen molar-refractivity contribution in [1.29, 1.82) is 0 Å². The number of thiophene rings is 1. The van der Waals surface area contributed by atoms with Gasteiger partial charge in [-0.05, 0) is 55.3 Å². The van der Waals surface area contributed by atoms with Gasteiger partial charge in [0, 0.05) is 23.5 Å². The summed E-state index contributed by atoms with van der Waals surface area (Å²) in [5.74, 6) is -0.195. The molecule has 1 aromatic heterocycles. The summed E-state index contributed by atoms with van der Waals surface area (Å²) in [5.41, 5.74) is 2.44. The Morgan fingerprint density at radius 2 is 2.04 bits per heavy atom. The number of hydrogen-bond acceptors (Lipinski definition) is 4. The Kier molecular flexibility index (Phi) is 4.78. The maximum Gasteiger partial charge on any atom is 0.253 e. The number of rotatable bonds is 5. The molecule has 0 radical (unpaired) electrons. The summed E-state index contributed by atoms with van der Waals surface area (Å²) < 4.78 is 0. The average Bonchev–Trinajstić information content (AvgIpc) is 3.30. The number of benzene rings is 1. The van der Waals surface area contributed by atoms with E-state index in [1.807, 2.05) is 12.1 Å². The van der Waals surface area contributed by atoms with Crippen LogP contribution >= 0.6 is 11.3 Å². The highest BCUT2D eigenvalue weighted by atomic mass is 32.1. The third kappa shape index (κ3) is 3.66. The van der Waals surface area contributed by atoms with Gasteiger partial charge in [-0.25, -0.2) is 0 Å². The summed E-state index contributed by atoms with van der Waals surface area (Å²) in [4.78, 5) is 28.6. The van der Waals surface area contributed by atoms with Crippen molar-refractivity contribution in [2.24, 2.45) is 0 Å². The molecule has 2 aliphatic rings. The van der Waals surface area contributed by atoms with Gasteiger partial charge in [-0.2, -0.15) is 0 Å². The van der Waals surface area contributed by atoms with Gasteiger partial charge in [-0.1, -0.05) is 12.1 Å². The monoisotopic (exact) mass is 369 g/mol. The molecule has 4 rings (SSSR count). The average molecular weight is 369 g/mol. The zero-order valence-corrected chi connectivity index (χ0v) is 15.6. The Balaban J connectivity index is 1.42. The molecule has 2 aromatic rings. The van der Waals surface area contributed by atoms with Gasteiger partial charge >= 0.3 is 0 Å². The summed E-state index contributed by atoms with van der Waals surface area (Å²) in [5, 5.41) is 8.04. The molecule has 2 amide bonds. The van der Waals surface area contributed by atoms with Crippen molar-refractivity contribution >= 4 is 28.8 Å². The zero-order valence-electron chi connectivity index (χ0n) is 14.8. The molecule has 1 saturated carbocycles. The van der Waals surface area contributed by atoms with E-state index in [1.54, 1.807) is 23.5 Å². The van der Waals surface area contributed by atoms with E-state index < -0.39 is 0 Å². The standard InChI is InChI=1S/C20H23N3O2S/c1-13-15-9-11-26-18(15)8-10-23(13)12-19(24)22-17-5-3-2-4-16(17)20(25)21-14-6-7-14/h2-5,9,11,13-14H,6-8,10,12H2,1H3,(H,21,25)(H,22,24). The molecule has 6 heteroatoms. The summed E-state index contributed by atoms with van der Waals surface area (Å²) in [6.45, 7) is 3.36. The minimum atomic E-state index is -0.113. The number of carbonyl (C=O) groups is 2. The van der Waals surface area contributed by atoms with Crippen molar-refractivity contribution in [3.8, 4) is 0 Å². The number of nitrogens with zero attached hydrogens (tertiary/aromatic N) is 1. The second kappa shape index (κ2) is 7.21. The smallest absolute Gasteiger partial charge is 0.253 e. The number of hydrogen-bond donors (Lipinski definition) is 2. The van der Waals surface area contributed by atoms with Crippen LogP contribution in [0.25, 0.3) is 0 Å². The fourth-order valence-electron chi connectivity index (χ4n) is 3.43. The molecule has 0 saturated heterocycles. The van der Waals surface area contributed by atoms with Crippen LogP contribution in [-0.2, 0) is 11.2 Å². The third-order valence-corrected chi connectivity index (χ3v) is 6.11. The van der Waals surface area contributed by atoms with Crippen LogP contribution in [-0.4, -0.2) is 35.8 Å². The fourth-order valence-corrected chi connectivity index (χ4v) is 4.40. The minimum Gasteiger partial charge on any atom is -0.349 e. The minimum absolute atomic E-state index is 0.0813. The van der Waals surface area contributed by atoms with Crippen LogP contribution < -0.4 is 10.6 Å². The van der Waals surface area contributed by atoms with Crippen LogP contribution in [0.15, 0.2) is 35.7 Å². The molecule has 0 spiro atoms. The second-order valence-corrected chi connectivity index (χ2v) is 8.04. The molecule has 1 unspecified atom stereocenters. The van der Waals surface area contributed by atoms with Crippen LogP contribution in [0.5, 0.6) is 0 Å². The molecule has 136 valence electrons. The van der Waals surface area contributed by atoms with Gasteiger partial charge in [0.1, 0.15) is 0 Å². The lowest BCUT2D eigenvalue weighted by atomic mass is 10.0. The highest BCUT2D eigenvalue weighted by Crippen LogP contribution is 2.32. The highest BCUT2D eigenvalue weighted by molar-refractivity contribution is 7.10. The molecule has 2 N–H and O–H groups in total. The maximum atomic E-state index is 12.6. The molecular weight excluding hydrogens is 346 g/mol. The van der Waals surface area contributed by atoms with Crippen molar-refractivity contribution in [3.05, 3.63) is 51.7 Å². The molecule has 1 atom stereocenters. The first-order chi connectivity index (χ1) is 12.6. The van der Waals surface area contributed by atoms with E-state index in [9.17, 15) is 9.59 Å². The van der Waals surface area contributed by atoms with Gasteiger partial charge in [0.2, 0.25) is 5.91 Å². The number of carbonyl (C=O) groups excluding carboxylic acids is 2. The van der Waals surface area contributed by atoms with Crippen LogP contribution in [0, 0.1) is 0 Å². The molecule has 0 bridgehead atoms. The van der Waals surface area contributed by atoms with Crippen LogP contribution in [0.3, 0.4) is 0 Å². The quantitative estimate of drug-likeness (QED) is 0.851. The van der Waals surface area contributed by atoms with E-state index >= 15 is 0 Å². The lowest BCUT2D eigenvalue weighted by Gasteiger charge is -2.33. The van der Waals surface area contributed by atoms with Gasteiger partial charge in [0.15, 0.2) is 0 Å². The predicted octanol–water partition coefficient (Wildman–Crippen LogP) is 3.20.